The van der Waals surface area contributed by atoms with E-state index in [9.17, 15) is 4.79 Å². The number of carbonyl (C=O) groups excluding carboxylic acids is 1. The van der Waals surface area contributed by atoms with Crippen molar-refractivity contribution >= 4 is 33.8 Å². The van der Waals surface area contributed by atoms with Crippen LogP contribution in [0.5, 0.6) is 11.5 Å². The number of nitrogens with two attached hydrogens (primary N) is 1. The lowest BCUT2D eigenvalue weighted by atomic mass is 10.2. The number of hydrogen-bond donors (Lipinski definition) is 2. The number of ether oxygens (including phenoxy) is 2. The van der Waals surface area contributed by atoms with Crippen LogP contribution in [0.4, 0.5) is 5.00 Å². The molecule has 0 fully saturated rings. The summed E-state index contributed by atoms with van der Waals surface area (Å²) in [5.41, 5.74) is 7.02. The molecule has 0 spiro atoms. The van der Waals surface area contributed by atoms with E-state index < -0.39 is 0 Å². The van der Waals surface area contributed by atoms with Gasteiger partial charge in [-0.05, 0) is 23.8 Å². The van der Waals surface area contributed by atoms with Gasteiger partial charge in [0.25, 0.3) is 5.91 Å². The Bertz CT molecular complexity index is 658. The number of halogens is 1. The number of methoxy groups -OCH3 is 2. The molecule has 2 rings (SSSR count). The Morgan fingerprint density at radius 1 is 1.29 bits per heavy atom. The van der Waals surface area contributed by atoms with Crippen LogP contribution in [0.2, 0.25) is 4.34 Å². The Balaban J connectivity index is 2.06. The lowest BCUT2D eigenvalue weighted by molar-refractivity contribution is 0.0952. The third-order valence-electron chi connectivity index (χ3n) is 2.88. The minimum absolute atomic E-state index is 0.259. The maximum atomic E-state index is 12.0. The molecule has 1 heterocycles. The summed E-state index contributed by atoms with van der Waals surface area (Å²) in [5.74, 6) is 0.995. The number of nitrogens with one attached hydrogen (secondary N) is 1. The highest BCUT2D eigenvalue weighted by atomic mass is 35.5. The second kappa shape index (κ2) is 6.69. The van der Waals surface area contributed by atoms with Crippen LogP contribution in [0, 0.1) is 0 Å². The lowest BCUT2D eigenvalue weighted by Gasteiger charge is -2.10. The van der Waals surface area contributed by atoms with Crippen LogP contribution in [-0.4, -0.2) is 20.1 Å². The Kier molecular flexibility index (Phi) is 4.93. The van der Waals surface area contributed by atoms with Crippen LogP contribution >= 0.6 is 22.9 Å². The molecule has 0 unspecified atom stereocenters. The molecule has 112 valence electrons. The number of nitrogen functional groups attached to an aromatic ring is 1. The van der Waals surface area contributed by atoms with Gasteiger partial charge in [-0.15, -0.1) is 11.3 Å². The molecule has 1 aromatic carbocycles. The Morgan fingerprint density at radius 2 is 2.00 bits per heavy atom. The summed E-state index contributed by atoms with van der Waals surface area (Å²) in [7, 11) is 3.14. The maximum Gasteiger partial charge on any atom is 0.254 e. The first kappa shape index (κ1) is 15.5. The predicted molar refractivity (Wildman–Crippen MR) is 84.5 cm³/mol. The highest BCUT2D eigenvalue weighted by Gasteiger charge is 2.13. The summed E-state index contributed by atoms with van der Waals surface area (Å²) in [6.45, 7) is 0.353. The number of carbonyl (C=O) groups is 1. The molecular weight excluding hydrogens is 312 g/mol. The molecule has 2 aromatic rings. The lowest BCUT2D eigenvalue weighted by Crippen LogP contribution is -2.23. The predicted octanol–water partition coefficient (Wildman–Crippen LogP) is 2.93. The van der Waals surface area contributed by atoms with E-state index in [0.717, 1.165) is 5.56 Å². The van der Waals surface area contributed by atoms with Gasteiger partial charge < -0.3 is 20.5 Å². The fourth-order valence-corrected chi connectivity index (χ4v) is 2.83. The molecule has 0 aliphatic carbocycles. The van der Waals surface area contributed by atoms with E-state index >= 15 is 0 Å². The van der Waals surface area contributed by atoms with Crippen molar-refractivity contribution in [2.24, 2.45) is 0 Å². The van der Waals surface area contributed by atoms with E-state index in [1.54, 1.807) is 26.4 Å². The minimum atomic E-state index is -0.259. The van der Waals surface area contributed by atoms with Crippen LogP contribution < -0.4 is 20.5 Å². The summed E-state index contributed by atoms with van der Waals surface area (Å²) in [4.78, 5) is 12.0. The summed E-state index contributed by atoms with van der Waals surface area (Å²) >= 11 is 7.00. The van der Waals surface area contributed by atoms with E-state index in [2.05, 4.69) is 5.32 Å². The van der Waals surface area contributed by atoms with Crippen molar-refractivity contribution in [2.75, 3.05) is 20.0 Å². The molecule has 7 heteroatoms. The van der Waals surface area contributed by atoms with Gasteiger partial charge in [-0.25, -0.2) is 0 Å². The molecule has 0 bridgehead atoms. The first-order valence-corrected chi connectivity index (χ1v) is 7.28. The fourth-order valence-electron chi connectivity index (χ4n) is 1.82. The van der Waals surface area contributed by atoms with Gasteiger partial charge in [-0.2, -0.15) is 0 Å². The van der Waals surface area contributed by atoms with Gasteiger partial charge in [-0.1, -0.05) is 17.7 Å². The van der Waals surface area contributed by atoms with E-state index in [1.807, 2.05) is 12.1 Å². The molecule has 5 nitrogen and oxygen atoms in total. The highest BCUT2D eigenvalue weighted by Crippen LogP contribution is 2.29. The summed E-state index contributed by atoms with van der Waals surface area (Å²) in [6.07, 6.45) is 0. The summed E-state index contributed by atoms with van der Waals surface area (Å²) in [6, 6.07) is 7.01. The SMILES string of the molecule is COc1ccc(CNC(=O)c2cc(Cl)sc2N)cc1OC. The van der Waals surface area contributed by atoms with Crippen LogP contribution in [0.3, 0.4) is 0 Å². The zero-order valence-corrected chi connectivity index (χ0v) is 13.2. The van der Waals surface area contributed by atoms with Crippen LogP contribution in [0.25, 0.3) is 0 Å². The molecule has 0 atom stereocenters. The maximum absolute atomic E-state index is 12.0. The second-order valence-corrected chi connectivity index (χ2v) is 5.92. The summed E-state index contributed by atoms with van der Waals surface area (Å²) < 4.78 is 10.9. The molecule has 0 aliphatic rings. The van der Waals surface area contributed by atoms with Crippen LogP contribution in [0.15, 0.2) is 24.3 Å². The standard InChI is InChI=1S/C14H15ClN2O3S/c1-19-10-4-3-8(5-11(10)20-2)7-17-14(18)9-6-12(15)21-13(9)16/h3-6H,7,16H2,1-2H3,(H,17,18). The van der Waals surface area contributed by atoms with E-state index in [4.69, 9.17) is 26.8 Å². The molecule has 0 saturated heterocycles. The van der Waals surface area contributed by atoms with E-state index in [-0.39, 0.29) is 5.91 Å². The number of benzene rings is 1. The average Bonchev–Trinajstić information content (AvgIpc) is 2.83. The third-order valence-corrected chi connectivity index (χ3v) is 3.97. The normalized spacial score (nSPS) is 10.2. The molecule has 0 radical (unpaired) electrons. The highest BCUT2D eigenvalue weighted by molar-refractivity contribution is 7.20. The van der Waals surface area contributed by atoms with Crippen molar-refractivity contribution in [3.05, 3.63) is 39.7 Å². The van der Waals surface area contributed by atoms with Gasteiger partial charge in [0, 0.05) is 6.54 Å². The smallest absolute Gasteiger partial charge is 0.254 e. The molecule has 0 aliphatic heterocycles. The topological polar surface area (TPSA) is 73.6 Å². The van der Waals surface area contributed by atoms with Crippen molar-refractivity contribution in [3.8, 4) is 11.5 Å². The molecule has 3 N–H and O–H groups in total. The first-order valence-electron chi connectivity index (χ1n) is 6.09. The Hall–Kier alpha value is -1.92. The third kappa shape index (κ3) is 3.59. The zero-order valence-electron chi connectivity index (χ0n) is 11.6. The fraction of sp³-hybridized carbons (Fsp3) is 0.214. The van der Waals surface area contributed by atoms with Gasteiger partial charge in [0.2, 0.25) is 0 Å². The first-order chi connectivity index (χ1) is 10.0. The van der Waals surface area contributed by atoms with E-state index in [1.165, 1.54) is 11.3 Å². The van der Waals surface area contributed by atoms with Crippen molar-refractivity contribution in [3.63, 3.8) is 0 Å². The van der Waals surface area contributed by atoms with Crippen molar-refractivity contribution in [1.29, 1.82) is 0 Å². The second-order valence-electron chi connectivity index (χ2n) is 4.20. The monoisotopic (exact) mass is 326 g/mol. The molecule has 21 heavy (non-hydrogen) atoms. The van der Waals surface area contributed by atoms with Gasteiger partial charge in [0.15, 0.2) is 11.5 Å². The van der Waals surface area contributed by atoms with Crippen molar-refractivity contribution in [1.82, 2.24) is 5.32 Å². The Morgan fingerprint density at radius 3 is 2.57 bits per heavy atom. The number of anilines is 1. The zero-order chi connectivity index (χ0) is 15.4. The minimum Gasteiger partial charge on any atom is -0.493 e. The van der Waals surface area contributed by atoms with Crippen molar-refractivity contribution in [2.45, 2.75) is 6.54 Å². The molecule has 1 aromatic heterocycles. The molecule has 1 amide bonds. The molecule has 0 saturated carbocycles. The number of amides is 1. The number of rotatable bonds is 5. The van der Waals surface area contributed by atoms with Gasteiger partial charge in [-0.3, -0.25) is 4.79 Å². The van der Waals surface area contributed by atoms with Gasteiger partial charge >= 0.3 is 0 Å². The number of hydrogen-bond acceptors (Lipinski definition) is 5. The van der Waals surface area contributed by atoms with E-state index in [0.29, 0.717) is 32.9 Å². The largest absolute Gasteiger partial charge is 0.493 e. The van der Waals surface area contributed by atoms with Gasteiger partial charge in [0.05, 0.1) is 24.1 Å². The number of thiophene rings is 1. The summed E-state index contributed by atoms with van der Waals surface area (Å²) in [5, 5.41) is 3.20. The Labute approximate surface area is 131 Å². The van der Waals surface area contributed by atoms with Crippen LogP contribution in [0.1, 0.15) is 15.9 Å². The average molecular weight is 327 g/mol. The molecular formula is C14H15ClN2O3S. The van der Waals surface area contributed by atoms with Crippen LogP contribution in [-0.2, 0) is 6.54 Å². The quantitative estimate of drug-likeness (QED) is 0.886. The van der Waals surface area contributed by atoms with Gasteiger partial charge in [0.1, 0.15) is 5.00 Å². The van der Waals surface area contributed by atoms with Crippen molar-refractivity contribution < 1.29 is 14.3 Å².